The lowest BCUT2D eigenvalue weighted by Crippen LogP contribution is -2.00. The van der Waals surface area contributed by atoms with Crippen LogP contribution in [0.15, 0.2) is 24.3 Å². The van der Waals surface area contributed by atoms with Crippen LogP contribution in [0.5, 0.6) is 0 Å². The van der Waals surface area contributed by atoms with Crippen molar-refractivity contribution in [3.8, 4) is 0 Å². The van der Waals surface area contributed by atoms with Gasteiger partial charge in [0.2, 0.25) is 0 Å². The van der Waals surface area contributed by atoms with Crippen LogP contribution in [-0.2, 0) is 0 Å². The molecule has 0 aliphatic rings. The minimum atomic E-state index is -0.258. The standard InChI is InChI=1S/C12H22O/c1-3-5-7-8-9-11-12(13)10-6-4-2/h7-9,11-13H,3-6,10H2,1-2H3/b8-7+,11-9+. The van der Waals surface area contributed by atoms with E-state index >= 15 is 0 Å². The Labute approximate surface area is 82.2 Å². The van der Waals surface area contributed by atoms with Gasteiger partial charge >= 0.3 is 0 Å². The summed E-state index contributed by atoms with van der Waals surface area (Å²) in [6, 6.07) is 0. The summed E-state index contributed by atoms with van der Waals surface area (Å²) >= 11 is 0. The number of allylic oxidation sites excluding steroid dienone is 3. The van der Waals surface area contributed by atoms with Crippen LogP contribution in [-0.4, -0.2) is 11.2 Å². The fourth-order valence-electron chi connectivity index (χ4n) is 1.04. The van der Waals surface area contributed by atoms with E-state index in [0.29, 0.717) is 0 Å². The van der Waals surface area contributed by atoms with Gasteiger partial charge in [0.05, 0.1) is 6.10 Å². The molecule has 13 heavy (non-hydrogen) atoms. The molecule has 1 atom stereocenters. The van der Waals surface area contributed by atoms with Crippen LogP contribution in [0.4, 0.5) is 0 Å². The topological polar surface area (TPSA) is 20.2 Å². The molecule has 1 unspecified atom stereocenters. The van der Waals surface area contributed by atoms with Crippen molar-refractivity contribution in [2.45, 2.75) is 52.1 Å². The van der Waals surface area contributed by atoms with Gasteiger partial charge in [0.15, 0.2) is 0 Å². The third-order valence-electron chi connectivity index (χ3n) is 1.89. The molecule has 0 fully saturated rings. The van der Waals surface area contributed by atoms with E-state index in [9.17, 15) is 5.11 Å². The Hall–Kier alpha value is -0.560. The lowest BCUT2D eigenvalue weighted by atomic mass is 10.1. The molecule has 0 aliphatic carbocycles. The number of unbranched alkanes of at least 4 members (excludes halogenated alkanes) is 2. The number of aliphatic hydroxyl groups is 1. The van der Waals surface area contributed by atoms with E-state index < -0.39 is 0 Å². The SMILES string of the molecule is CCC/C=C/C=C/C(O)CCCC. The van der Waals surface area contributed by atoms with Crippen molar-refractivity contribution in [3.63, 3.8) is 0 Å². The number of rotatable bonds is 7. The van der Waals surface area contributed by atoms with Crippen LogP contribution in [0.25, 0.3) is 0 Å². The van der Waals surface area contributed by atoms with Gasteiger partial charge in [0, 0.05) is 0 Å². The zero-order valence-electron chi connectivity index (χ0n) is 8.87. The van der Waals surface area contributed by atoms with E-state index in [2.05, 4.69) is 19.9 Å². The van der Waals surface area contributed by atoms with Gasteiger partial charge in [-0.1, -0.05) is 57.4 Å². The summed E-state index contributed by atoms with van der Waals surface area (Å²) in [7, 11) is 0. The summed E-state index contributed by atoms with van der Waals surface area (Å²) in [6.45, 7) is 4.29. The Kier molecular flexibility index (Phi) is 9.12. The summed E-state index contributed by atoms with van der Waals surface area (Å²) in [5, 5.41) is 9.42. The Balaban J connectivity index is 3.46. The molecule has 76 valence electrons. The van der Waals surface area contributed by atoms with E-state index in [1.165, 1.54) is 6.42 Å². The number of hydrogen-bond donors (Lipinski definition) is 1. The summed E-state index contributed by atoms with van der Waals surface area (Å²) < 4.78 is 0. The number of aliphatic hydroxyl groups excluding tert-OH is 1. The third kappa shape index (κ3) is 9.35. The average molecular weight is 182 g/mol. The predicted molar refractivity (Wildman–Crippen MR) is 58.7 cm³/mol. The maximum Gasteiger partial charge on any atom is 0.0723 e. The molecule has 0 aromatic heterocycles. The van der Waals surface area contributed by atoms with Crippen LogP contribution in [0.1, 0.15) is 46.0 Å². The zero-order chi connectivity index (χ0) is 9.94. The fourth-order valence-corrected chi connectivity index (χ4v) is 1.04. The highest BCUT2D eigenvalue weighted by Crippen LogP contribution is 2.01. The highest BCUT2D eigenvalue weighted by Gasteiger charge is 1.95. The molecular weight excluding hydrogens is 160 g/mol. The first kappa shape index (κ1) is 12.4. The molecule has 0 rings (SSSR count). The van der Waals surface area contributed by atoms with Crippen molar-refractivity contribution in [1.29, 1.82) is 0 Å². The predicted octanol–water partition coefficient (Wildman–Crippen LogP) is 3.45. The Bertz CT molecular complexity index is 147. The van der Waals surface area contributed by atoms with Gasteiger partial charge in [-0.2, -0.15) is 0 Å². The van der Waals surface area contributed by atoms with Crippen molar-refractivity contribution in [3.05, 3.63) is 24.3 Å². The van der Waals surface area contributed by atoms with E-state index in [1.807, 2.05) is 18.2 Å². The average Bonchev–Trinajstić information content (AvgIpc) is 2.14. The first-order chi connectivity index (χ1) is 6.31. The molecular formula is C12H22O. The van der Waals surface area contributed by atoms with Gasteiger partial charge in [-0.3, -0.25) is 0 Å². The first-order valence-electron chi connectivity index (χ1n) is 5.32. The summed E-state index contributed by atoms with van der Waals surface area (Å²) in [5.41, 5.74) is 0. The summed E-state index contributed by atoms with van der Waals surface area (Å²) in [6.07, 6.45) is 13.1. The second kappa shape index (κ2) is 9.53. The van der Waals surface area contributed by atoms with E-state index in [1.54, 1.807) is 0 Å². The van der Waals surface area contributed by atoms with Crippen LogP contribution in [0.2, 0.25) is 0 Å². The molecule has 0 saturated carbocycles. The van der Waals surface area contributed by atoms with Crippen molar-refractivity contribution < 1.29 is 5.11 Å². The fraction of sp³-hybridized carbons (Fsp3) is 0.667. The Morgan fingerprint density at radius 3 is 2.54 bits per heavy atom. The van der Waals surface area contributed by atoms with Gasteiger partial charge in [-0.05, 0) is 12.8 Å². The molecule has 1 nitrogen and oxygen atoms in total. The summed E-state index contributed by atoms with van der Waals surface area (Å²) in [5.74, 6) is 0. The molecule has 0 aliphatic heterocycles. The van der Waals surface area contributed by atoms with Crippen molar-refractivity contribution >= 4 is 0 Å². The molecule has 0 aromatic carbocycles. The Morgan fingerprint density at radius 2 is 1.92 bits per heavy atom. The maximum absolute atomic E-state index is 9.42. The van der Waals surface area contributed by atoms with Gasteiger partial charge in [0.1, 0.15) is 0 Å². The van der Waals surface area contributed by atoms with Crippen molar-refractivity contribution in [2.24, 2.45) is 0 Å². The normalized spacial score (nSPS) is 14.4. The lowest BCUT2D eigenvalue weighted by Gasteiger charge is -2.01. The Morgan fingerprint density at radius 1 is 1.15 bits per heavy atom. The molecule has 0 amide bonds. The molecule has 1 N–H and O–H groups in total. The molecule has 0 heterocycles. The molecule has 1 heteroatoms. The van der Waals surface area contributed by atoms with Crippen molar-refractivity contribution in [2.75, 3.05) is 0 Å². The molecule has 0 spiro atoms. The van der Waals surface area contributed by atoms with Crippen LogP contribution in [0.3, 0.4) is 0 Å². The second-order valence-electron chi connectivity index (χ2n) is 3.31. The quantitative estimate of drug-likeness (QED) is 0.598. The van der Waals surface area contributed by atoms with E-state index in [0.717, 1.165) is 25.7 Å². The second-order valence-corrected chi connectivity index (χ2v) is 3.31. The minimum Gasteiger partial charge on any atom is -0.389 e. The molecule has 0 saturated heterocycles. The smallest absolute Gasteiger partial charge is 0.0723 e. The monoisotopic (exact) mass is 182 g/mol. The maximum atomic E-state index is 9.42. The summed E-state index contributed by atoms with van der Waals surface area (Å²) in [4.78, 5) is 0. The third-order valence-corrected chi connectivity index (χ3v) is 1.89. The van der Waals surface area contributed by atoms with Crippen LogP contribution >= 0.6 is 0 Å². The van der Waals surface area contributed by atoms with Gasteiger partial charge in [-0.25, -0.2) is 0 Å². The van der Waals surface area contributed by atoms with Crippen LogP contribution < -0.4 is 0 Å². The molecule has 0 aromatic rings. The first-order valence-corrected chi connectivity index (χ1v) is 5.32. The van der Waals surface area contributed by atoms with Crippen molar-refractivity contribution in [1.82, 2.24) is 0 Å². The largest absolute Gasteiger partial charge is 0.389 e. The van der Waals surface area contributed by atoms with Gasteiger partial charge < -0.3 is 5.11 Å². The molecule has 0 radical (unpaired) electrons. The minimum absolute atomic E-state index is 0.258. The zero-order valence-corrected chi connectivity index (χ0v) is 8.87. The van der Waals surface area contributed by atoms with Crippen LogP contribution in [0, 0.1) is 0 Å². The van der Waals surface area contributed by atoms with Gasteiger partial charge in [-0.15, -0.1) is 0 Å². The van der Waals surface area contributed by atoms with Gasteiger partial charge in [0.25, 0.3) is 0 Å². The van der Waals surface area contributed by atoms with E-state index in [4.69, 9.17) is 0 Å². The highest BCUT2D eigenvalue weighted by molar-refractivity contribution is 5.04. The van der Waals surface area contributed by atoms with E-state index in [-0.39, 0.29) is 6.10 Å². The number of hydrogen-bond acceptors (Lipinski definition) is 1. The highest BCUT2D eigenvalue weighted by atomic mass is 16.3. The molecule has 0 bridgehead atoms. The lowest BCUT2D eigenvalue weighted by molar-refractivity contribution is 0.209.